The molecule has 1 N–H and O–H groups in total. The van der Waals surface area contributed by atoms with Gasteiger partial charge in [0.25, 0.3) is 0 Å². The van der Waals surface area contributed by atoms with Crippen LogP contribution in [0.1, 0.15) is 25.6 Å². The van der Waals surface area contributed by atoms with Crippen LogP contribution in [0.4, 0.5) is 0 Å². The van der Waals surface area contributed by atoms with Crippen LogP contribution in [0.15, 0.2) is 10.9 Å². The third-order valence-electron chi connectivity index (χ3n) is 2.00. The zero-order chi connectivity index (χ0) is 10.4. The monoisotopic (exact) mass is 232 g/mol. The molecule has 0 saturated carbocycles. The van der Waals surface area contributed by atoms with E-state index >= 15 is 0 Å². The Morgan fingerprint density at radius 3 is 3.07 bits per heavy atom. The van der Waals surface area contributed by atoms with Crippen LogP contribution in [-0.2, 0) is 10.8 Å². The molecule has 1 aromatic rings. The molecule has 2 unspecified atom stereocenters. The van der Waals surface area contributed by atoms with Crippen molar-refractivity contribution in [3.05, 3.63) is 16.6 Å². The van der Waals surface area contributed by atoms with Crippen LogP contribution in [-0.4, -0.2) is 27.2 Å². The Kier molecular flexibility index (Phi) is 5.29. The molecule has 0 bridgehead atoms. The van der Waals surface area contributed by atoms with Gasteiger partial charge in [-0.1, -0.05) is 6.92 Å². The van der Waals surface area contributed by atoms with Gasteiger partial charge in [0.15, 0.2) is 0 Å². The van der Waals surface area contributed by atoms with E-state index in [-0.39, 0.29) is 6.04 Å². The number of hydrogen-bond donors (Lipinski definition) is 1. The summed E-state index contributed by atoms with van der Waals surface area (Å²) in [5.41, 5.74) is 2.90. The number of nitrogens with one attached hydrogen (secondary N) is 1. The van der Waals surface area contributed by atoms with Gasteiger partial charge in [-0.2, -0.15) is 0 Å². The molecule has 0 spiro atoms. The summed E-state index contributed by atoms with van der Waals surface area (Å²) in [4.78, 5) is 4.21. The minimum Gasteiger partial charge on any atom is -0.308 e. The molecule has 3 nitrogen and oxygen atoms in total. The van der Waals surface area contributed by atoms with Gasteiger partial charge in [0, 0.05) is 40.3 Å². The zero-order valence-electron chi connectivity index (χ0n) is 8.53. The van der Waals surface area contributed by atoms with Crippen molar-refractivity contribution in [3.8, 4) is 0 Å². The molecule has 1 heterocycles. The van der Waals surface area contributed by atoms with Gasteiger partial charge in [0.1, 0.15) is 0 Å². The molecule has 2 atom stereocenters. The molecule has 1 aromatic heterocycles. The van der Waals surface area contributed by atoms with E-state index in [0.29, 0.717) is 0 Å². The minimum atomic E-state index is -0.671. The first-order chi connectivity index (χ1) is 6.74. The molecule has 0 aliphatic rings. The van der Waals surface area contributed by atoms with Crippen LogP contribution in [0.25, 0.3) is 0 Å². The number of aromatic nitrogens is 1. The van der Waals surface area contributed by atoms with Gasteiger partial charge < -0.3 is 5.32 Å². The largest absolute Gasteiger partial charge is 0.308 e. The lowest BCUT2D eigenvalue weighted by Crippen LogP contribution is -2.24. The van der Waals surface area contributed by atoms with Gasteiger partial charge in [-0.05, 0) is 6.92 Å². The summed E-state index contributed by atoms with van der Waals surface area (Å²) < 4.78 is 11.1. The van der Waals surface area contributed by atoms with Crippen LogP contribution >= 0.6 is 11.3 Å². The van der Waals surface area contributed by atoms with E-state index in [4.69, 9.17) is 0 Å². The average molecular weight is 232 g/mol. The van der Waals surface area contributed by atoms with Crippen molar-refractivity contribution in [3.63, 3.8) is 0 Å². The van der Waals surface area contributed by atoms with Gasteiger partial charge in [-0.15, -0.1) is 11.3 Å². The summed E-state index contributed by atoms with van der Waals surface area (Å²) in [5.74, 6) is 1.47. The molecule has 0 fully saturated rings. The van der Waals surface area contributed by atoms with Crippen LogP contribution in [0.3, 0.4) is 0 Å². The van der Waals surface area contributed by atoms with Crippen LogP contribution in [0, 0.1) is 0 Å². The van der Waals surface area contributed by atoms with Gasteiger partial charge in [0.2, 0.25) is 0 Å². The molecule has 0 aliphatic carbocycles. The Morgan fingerprint density at radius 1 is 1.71 bits per heavy atom. The highest BCUT2D eigenvalue weighted by molar-refractivity contribution is 7.84. The predicted octanol–water partition coefficient (Wildman–Crippen LogP) is 1.56. The summed E-state index contributed by atoms with van der Waals surface area (Å²) in [6, 6.07) is 0.259. The molecule has 14 heavy (non-hydrogen) atoms. The van der Waals surface area contributed by atoms with Crippen molar-refractivity contribution in [1.82, 2.24) is 10.3 Å². The van der Waals surface area contributed by atoms with Crippen molar-refractivity contribution in [2.75, 3.05) is 18.1 Å². The Balaban J connectivity index is 2.22. The fourth-order valence-electron chi connectivity index (χ4n) is 1.07. The first-order valence-electron chi connectivity index (χ1n) is 4.70. The Bertz CT molecular complexity index is 274. The molecular weight excluding hydrogens is 216 g/mol. The van der Waals surface area contributed by atoms with Gasteiger partial charge in [-0.25, -0.2) is 4.98 Å². The van der Waals surface area contributed by atoms with Crippen LogP contribution in [0.2, 0.25) is 0 Å². The molecule has 0 aliphatic heterocycles. The number of nitrogens with zero attached hydrogens (tertiary/aromatic N) is 1. The maximum atomic E-state index is 11.1. The number of thiazole rings is 1. The van der Waals surface area contributed by atoms with E-state index in [1.54, 1.807) is 11.3 Å². The van der Waals surface area contributed by atoms with Gasteiger partial charge in [-0.3, -0.25) is 4.21 Å². The zero-order valence-corrected chi connectivity index (χ0v) is 10.2. The summed E-state index contributed by atoms with van der Waals surface area (Å²) in [6.45, 7) is 4.81. The van der Waals surface area contributed by atoms with Crippen LogP contribution in [0.5, 0.6) is 0 Å². The quantitative estimate of drug-likeness (QED) is 0.809. The number of hydrogen-bond acceptors (Lipinski definition) is 4. The summed E-state index contributed by atoms with van der Waals surface area (Å²) >= 11 is 1.60. The lowest BCUT2D eigenvalue weighted by molar-refractivity contribution is 0.585. The molecule has 5 heteroatoms. The van der Waals surface area contributed by atoms with E-state index in [0.717, 1.165) is 23.7 Å². The summed E-state index contributed by atoms with van der Waals surface area (Å²) in [6.07, 6.45) is 0. The molecule has 80 valence electrons. The van der Waals surface area contributed by atoms with Crippen LogP contribution < -0.4 is 5.32 Å². The second kappa shape index (κ2) is 6.27. The summed E-state index contributed by atoms with van der Waals surface area (Å²) in [5, 5.41) is 5.34. The van der Waals surface area contributed by atoms with Crippen molar-refractivity contribution in [2.24, 2.45) is 0 Å². The second-order valence-electron chi connectivity index (χ2n) is 3.02. The second-order valence-corrected chi connectivity index (χ2v) is 5.61. The molecule has 0 aromatic carbocycles. The lowest BCUT2D eigenvalue weighted by Gasteiger charge is -2.10. The highest BCUT2D eigenvalue weighted by atomic mass is 32.2. The Morgan fingerprint density at radius 2 is 2.50 bits per heavy atom. The Labute approximate surface area is 91.4 Å². The lowest BCUT2D eigenvalue weighted by atomic mass is 10.3. The molecule has 0 amide bonds. The van der Waals surface area contributed by atoms with E-state index in [1.165, 1.54) is 0 Å². The third kappa shape index (κ3) is 3.86. The highest BCUT2D eigenvalue weighted by Crippen LogP contribution is 2.10. The average Bonchev–Trinajstić information content (AvgIpc) is 2.70. The van der Waals surface area contributed by atoms with E-state index < -0.39 is 10.8 Å². The maximum absolute atomic E-state index is 11.1. The SMILES string of the molecule is CCS(=O)CCNC(C)c1cscn1. The minimum absolute atomic E-state index is 0.259. The standard InChI is InChI=1S/C9H16N2OS2/c1-3-14(12)5-4-10-8(2)9-6-13-7-11-9/h6-8,10H,3-5H2,1-2H3. The van der Waals surface area contributed by atoms with Crippen molar-refractivity contribution >= 4 is 22.1 Å². The molecular formula is C9H16N2OS2. The fourth-order valence-corrected chi connectivity index (χ4v) is 2.36. The predicted molar refractivity (Wildman–Crippen MR) is 62.1 cm³/mol. The first kappa shape index (κ1) is 11.8. The normalized spacial score (nSPS) is 15.3. The van der Waals surface area contributed by atoms with Crippen molar-refractivity contribution in [1.29, 1.82) is 0 Å². The first-order valence-corrected chi connectivity index (χ1v) is 7.13. The topological polar surface area (TPSA) is 42.0 Å². The Hall–Kier alpha value is -0.260. The van der Waals surface area contributed by atoms with E-state index in [2.05, 4.69) is 17.2 Å². The third-order valence-corrected chi connectivity index (χ3v) is 3.91. The smallest absolute Gasteiger partial charge is 0.0795 e. The van der Waals surface area contributed by atoms with E-state index in [1.807, 2.05) is 17.8 Å². The molecule has 0 saturated heterocycles. The van der Waals surface area contributed by atoms with Gasteiger partial charge in [0.05, 0.1) is 11.2 Å². The van der Waals surface area contributed by atoms with Crippen molar-refractivity contribution in [2.45, 2.75) is 19.9 Å². The molecule has 1 rings (SSSR count). The van der Waals surface area contributed by atoms with Gasteiger partial charge >= 0.3 is 0 Å². The molecule has 0 radical (unpaired) electrons. The highest BCUT2D eigenvalue weighted by Gasteiger charge is 2.06. The maximum Gasteiger partial charge on any atom is 0.0795 e. The summed E-state index contributed by atoms with van der Waals surface area (Å²) in [7, 11) is -0.671. The number of rotatable bonds is 6. The van der Waals surface area contributed by atoms with E-state index in [9.17, 15) is 4.21 Å². The fraction of sp³-hybridized carbons (Fsp3) is 0.667. The van der Waals surface area contributed by atoms with Crippen molar-refractivity contribution < 1.29 is 4.21 Å².